The minimum atomic E-state index is -3.02. The number of nitrogens with zero attached hydrogens (tertiary/aromatic N) is 1. The normalized spacial score (nSPS) is 19.3. The van der Waals surface area contributed by atoms with E-state index >= 15 is 0 Å². The topological polar surface area (TPSA) is 121 Å². The predicted molar refractivity (Wildman–Crippen MR) is 183 cm³/mol. The maximum Gasteiger partial charge on any atom is 0.330 e. The number of H-pyrrole nitrogens is 1. The van der Waals surface area contributed by atoms with E-state index in [0.29, 0.717) is 31.6 Å². The largest absolute Gasteiger partial charge is 0.399 e. The Morgan fingerprint density at radius 1 is 0.978 bits per heavy atom. The molecule has 1 aromatic heterocycles. The van der Waals surface area contributed by atoms with Crippen LogP contribution in [0.1, 0.15) is 51.0 Å². The molecule has 0 amide bonds. The summed E-state index contributed by atoms with van der Waals surface area (Å²) < 4.78 is 22.4. The molecular formula is C36H46N4O5Si. The van der Waals surface area contributed by atoms with Gasteiger partial charge in [0.1, 0.15) is 6.23 Å². The number of hydrogen-bond acceptors (Lipinski definition) is 7. The first-order chi connectivity index (χ1) is 22.1. The average molecular weight is 643 g/mol. The third-order valence-corrected chi connectivity index (χ3v) is 14.0. The number of rotatable bonds is 13. The van der Waals surface area contributed by atoms with Gasteiger partial charge in [-0.25, -0.2) is 4.79 Å². The van der Waals surface area contributed by atoms with E-state index in [-0.39, 0.29) is 17.6 Å². The van der Waals surface area contributed by atoms with Gasteiger partial charge >= 0.3 is 5.69 Å². The van der Waals surface area contributed by atoms with Gasteiger partial charge in [0.15, 0.2) is 0 Å². The second-order valence-corrected chi connectivity index (χ2v) is 17.3. The van der Waals surface area contributed by atoms with Crippen molar-refractivity contribution < 1.29 is 13.9 Å². The molecule has 4 N–H and O–H groups in total. The zero-order chi connectivity index (χ0) is 32.7. The van der Waals surface area contributed by atoms with E-state index in [1.165, 1.54) is 4.57 Å². The molecule has 1 aliphatic heterocycles. The Morgan fingerprint density at radius 3 is 2.13 bits per heavy atom. The van der Waals surface area contributed by atoms with E-state index in [1.807, 2.05) is 42.5 Å². The molecule has 0 aliphatic carbocycles. The summed E-state index contributed by atoms with van der Waals surface area (Å²) in [5.41, 5.74) is 3.40. The number of hydrogen-bond donors (Lipinski definition) is 3. The van der Waals surface area contributed by atoms with Gasteiger partial charge in [-0.05, 0) is 46.7 Å². The Hall–Kier alpha value is -3.64. The van der Waals surface area contributed by atoms with Crippen LogP contribution < -0.4 is 32.9 Å². The number of ether oxygens (including phenoxy) is 2. The molecule has 46 heavy (non-hydrogen) atoms. The number of nitrogens with one attached hydrogen (secondary N) is 2. The number of aryl methyl sites for hydroxylation is 1. The van der Waals surface area contributed by atoms with Crippen LogP contribution in [-0.2, 0) is 20.5 Å². The van der Waals surface area contributed by atoms with Gasteiger partial charge in [-0.1, -0.05) is 112 Å². The maximum atomic E-state index is 13.0. The van der Waals surface area contributed by atoms with E-state index in [1.54, 1.807) is 13.1 Å². The lowest BCUT2D eigenvalue weighted by Gasteiger charge is -2.46. The number of benzene rings is 3. The first-order valence-electron chi connectivity index (χ1n) is 16.0. The third-order valence-electron chi connectivity index (χ3n) is 8.90. The third kappa shape index (κ3) is 7.33. The summed E-state index contributed by atoms with van der Waals surface area (Å²) in [6.45, 7) is 9.69. The molecule has 0 saturated carbocycles. The standard InChI is InChI=1S/C36H46N4O5Si/c1-26-23-40(35(42)39-34(26)41)32-22-28(20-21-38-37)33(44-32)31(25-43-24-27-14-8-5-9-15-27)45-46(36(2,3)4,29-16-10-6-11-17-29)30-18-12-7-13-19-30/h5-19,23,28,31-33,38H,20-22,24-25,37H2,1-4H3,(H,39,41,42)/t28-,31?,32+,33-/m0/s1. The van der Waals surface area contributed by atoms with Gasteiger partial charge in [0.05, 0.1) is 25.4 Å². The predicted octanol–water partition coefficient (Wildman–Crippen LogP) is 3.76. The summed E-state index contributed by atoms with van der Waals surface area (Å²) in [5, 5.41) is 2.04. The minimum absolute atomic E-state index is 0.0104. The second kappa shape index (κ2) is 14.8. The second-order valence-electron chi connectivity index (χ2n) is 13.1. The van der Waals surface area contributed by atoms with E-state index in [2.05, 4.69) is 79.7 Å². The van der Waals surface area contributed by atoms with Crippen molar-refractivity contribution in [3.05, 3.63) is 129 Å². The number of aromatic nitrogens is 2. The first kappa shape index (κ1) is 33.7. The molecule has 1 unspecified atom stereocenters. The smallest absolute Gasteiger partial charge is 0.330 e. The molecule has 0 bridgehead atoms. The van der Waals surface area contributed by atoms with Crippen molar-refractivity contribution in [1.82, 2.24) is 15.0 Å². The fourth-order valence-electron chi connectivity index (χ4n) is 6.64. The average Bonchev–Trinajstić information content (AvgIpc) is 3.48. The van der Waals surface area contributed by atoms with E-state index in [4.69, 9.17) is 19.7 Å². The number of hydrazine groups is 1. The fourth-order valence-corrected chi connectivity index (χ4v) is 11.3. The molecule has 4 aromatic rings. The Labute approximate surface area is 271 Å². The van der Waals surface area contributed by atoms with Crippen LogP contribution in [0.5, 0.6) is 0 Å². The molecule has 4 atom stereocenters. The van der Waals surface area contributed by atoms with Crippen LogP contribution in [0, 0.1) is 12.8 Å². The van der Waals surface area contributed by atoms with Gasteiger partial charge in [-0.2, -0.15) is 0 Å². The van der Waals surface area contributed by atoms with Gasteiger partial charge in [-0.3, -0.25) is 25.6 Å². The summed E-state index contributed by atoms with van der Waals surface area (Å²) >= 11 is 0. The summed E-state index contributed by atoms with van der Waals surface area (Å²) in [7, 11) is -3.02. The molecule has 3 aromatic carbocycles. The van der Waals surface area contributed by atoms with Crippen LogP contribution in [0.25, 0.3) is 0 Å². The Balaban J connectivity index is 1.59. The monoisotopic (exact) mass is 642 g/mol. The zero-order valence-corrected chi connectivity index (χ0v) is 28.1. The lowest BCUT2D eigenvalue weighted by molar-refractivity contribution is -0.0907. The molecule has 9 nitrogen and oxygen atoms in total. The molecule has 0 radical (unpaired) electrons. The minimum Gasteiger partial charge on any atom is -0.399 e. The van der Waals surface area contributed by atoms with Crippen LogP contribution in [0.15, 0.2) is 107 Å². The highest BCUT2D eigenvalue weighted by Gasteiger charge is 2.54. The molecule has 1 aliphatic rings. The van der Waals surface area contributed by atoms with Crippen LogP contribution in [0.4, 0.5) is 0 Å². The maximum absolute atomic E-state index is 13.0. The van der Waals surface area contributed by atoms with Crippen molar-refractivity contribution >= 4 is 18.7 Å². The summed E-state index contributed by atoms with van der Waals surface area (Å²) in [6.07, 6.45) is 1.34. The molecule has 1 saturated heterocycles. The van der Waals surface area contributed by atoms with Crippen LogP contribution in [-0.4, -0.2) is 43.2 Å². The van der Waals surface area contributed by atoms with Crippen molar-refractivity contribution in [3.63, 3.8) is 0 Å². The van der Waals surface area contributed by atoms with Gasteiger partial charge in [-0.15, -0.1) is 0 Å². The molecule has 0 spiro atoms. The van der Waals surface area contributed by atoms with Crippen LogP contribution in [0.3, 0.4) is 0 Å². The summed E-state index contributed by atoms with van der Waals surface area (Å²) in [6, 6.07) is 31.1. The number of nitrogens with two attached hydrogens (primary N) is 1. The highest BCUT2D eigenvalue weighted by atomic mass is 28.4. The Bertz CT molecular complexity index is 1620. The van der Waals surface area contributed by atoms with Crippen molar-refractivity contribution in [2.24, 2.45) is 11.8 Å². The highest BCUT2D eigenvalue weighted by molar-refractivity contribution is 6.99. The van der Waals surface area contributed by atoms with Crippen molar-refractivity contribution in [2.75, 3.05) is 13.2 Å². The molecular weight excluding hydrogens is 597 g/mol. The number of aromatic amines is 1. The van der Waals surface area contributed by atoms with E-state index in [9.17, 15) is 9.59 Å². The van der Waals surface area contributed by atoms with Crippen molar-refractivity contribution in [1.29, 1.82) is 0 Å². The Kier molecular flexibility index (Phi) is 10.9. The van der Waals surface area contributed by atoms with Crippen molar-refractivity contribution in [2.45, 2.75) is 70.6 Å². The molecule has 1 fully saturated rings. The van der Waals surface area contributed by atoms with Crippen molar-refractivity contribution in [3.8, 4) is 0 Å². The van der Waals surface area contributed by atoms with Crippen LogP contribution in [0.2, 0.25) is 5.04 Å². The first-order valence-corrected chi connectivity index (χ1v) is 17.9. The quantitative estimate of drug-likeness (QED) is 0.115. The van der Waals surface area contributed by atoms with Gasteiger partial charge in [0.2, 0.25) is 0 Å². The molecule has 2 heterocycles. The summed E-state index contributed by atoms with van der Waals surface area (Å²) in [5.74, 6) is 5.74. The van der Waals surface area contributed by atoms with Gasteiger partial charge < -0.3 is 13.9 Å². The molecule has 10 heteroatoms. The molecule has 244 valence electrons. The highest BCUT2D eigenvalue weighted by Crippen LogP contribution is 2.42. The SMILES string of the molecule is Cc1cn([C@H]2C[C@H](CCNN)[C@@H](C(COCc3ccccc3)O[Si](c3ccccc3)(c3ccccc3)C(C)(C)C)O2)c(=O)[nH]c1=O. The van der Waals surface area contributed by atoms with E-state index < -0.39 is 38.0 Å². The summed E-state index contributed by atoms with van der Waals surface area (Å²) in [4.78, 5) is 27.6. The molecule has 5 rings (SSSR count). The van der Waals surface area contributed by atoms with Gasteiger partial charge in [0.25, 0.3) is 13.9 Å². The lowest BCUT2D eigenvalue weighted by atomic mass is 9.93. The van der Waals surface area contributed by atoms with Crippen LogP contribution >= 0.6 is 0 Å². The van der Waals surface area contributed by atoms with E-state index in [0.717, 1.165) is 15.9 Å². The Morgan fingerprint density at radius 2 is 1.57 bits per heavy atom. The zero-order valence-electron chi connectivity index (χ0n) is 27.1. The van der Waals surface area contributed by atoms with Gasteiger partial charge in [0, 0.05) is 18.3 Å². The lowest BCUT2D eigenvalue weighted by Crippen LogP contribution is -2.69. The fraction of sp³-hybridized carbons (Fsp3) is 0.389.